The Labute approximate surface area is 181 Å². The normalized spacial score (nSPS) is 31.5. The molecule has 1 aromatic carbocycles. The summed E-state index contributed by atoms with van der Waals surface area (Å²) in [6.45, 7) is 2.16. The highest BCUT2D eigenvalue weighted by Gasteiger charge is 2.59. The van der Waals surface area contributed by atoms with Crippen LogP contribution in [0.15, 0.2) is 41.3 Å². The van der Waals surface area contributed by atoms with Crippen LogP contribution in [0.1, 0.15) is 51.0 Å². The van der Waals surface area contributed by atoms with Crippen LogP contribution in [-0.2, 0) is 16.9 Å². The van der Waals surface area contributed by atoms with E-state index < -0.39 is 0 Å². The maximum Gasteiger partial charge on any atom is 0.288 e. The number of aromatic nitrogens is 2. The zero-order valence-corrected chi connectivity index (χ0v) is 17.9. The van der Waals surface area contributed by atoms with Gasteiger partial charge in [-0.3, -0.25) is 9.59 Å². The third kappa shape index (κ3) is 3.31. The molecule has 4 saturated carbocycles. The van der Waals surface area contributed by atoms with Gasteiger partial charge in [-0.05, 0) is 55.9 Å². The summed E-state index contributed by atoms with van der Waals surface area (Å²) < 4.78 is 1.64. The average Bonchev–Trinajstić information content (AvgIpc) is 2.67. The molecule has 0 radical (unpaired) electrons. The highest BCUT2D eigenvalue weighted by molar-refractivity contribution is 6.32. The van der Waals surface area contributed by atoms with Crippen molar-refractivity contribution < 1.29 is 4.79 Å². The van der Waals surface area contributed by atoms with Crippen molar-refractivity contribution in [3.8, 4) is 0 Å². The number of halogens is 1. The Bertz CT molecular complexity index is 1020. The number of nitrogens with zero attached hydrogens (tertiary/aromatic N) is 2. The molecule has 6 nitrogen and oxygen atoms in total. The summed E-state index contributed by atoms with van der Waals surface area (Å²) in [7, 11) is 0. The molecule has 7 heteroatoms. The van der Waals surface area contributed by atoms with E-state index in [-0.39, 0.29) is 27.6 Å². The van der Waals surface area contributed by atoms with E-state index in [1.807, 2.05) is 30.3 Å². The van der Waals surface area contributed by atoms with E-state index in [2.05, 4.69) is 15.7 Å². The first kappa shape index (κ1) is 19.6. The number of benzene rings is 1. The number of amides is 1. The quantitative estimate of drug-likeness (QED) is 0.764. The number of hydrogen-bond donors (Lipinski definition) is 2. The molecule has 30 heavy (non-hydrogen) atoms. The minimum absolute atomic E-state index is 0.00546. The monoisotopic (exact) mass is 426 g/mol. The summed E-state index contributed by atoms with van der Waals surface area (Å²) in [6.07, 6.45) is 7.50. The molecule has 4 fully saturated rings. The lowest BCUT2D eigenvalue weighted by Gasteiger charge is -2.61. The highest BCUT2D eigenvalue weighted by Crippen LogP contribution is 2.60. The van der Waals surface area contributed by atoms with E-state index in [1.54, 1.807) is 17.8 Å². The standard InChI is InChI=1S/C23H27ClN4O2/c1-15(29)27-22-8-17-7-18(9-22)11-23(10-17,14-22)28-21(30)20(24)19(13-26-28)25-12-16-5-3-2-4-6-16/h2-6,13,17-18,25H,7-12,14H2,1H3,(H,27,29). The fraction of sp³-hybridized carbons (Fsp3) is 0.522. The van der Waals surface area contributed by atoms with Crippen LogP contribution in [0.2, 0.25) is 5.02 Å². The topological polar surface area (TPSA) is 76.0 Å². The van der Waals surface area contributed by atoms with E-state index in [0.29, 0.717) is 24.1 Å². The molecule has 2 aromatic rings. The smallest absolute Gasteiger partial charge is 0.288 e. The van der Waals surface area contributed by atoms with E-state index in [4.69, 9.17) is 11.6 Å². The molecular formula is C23H27ClN4O2. The number of carbonyl (C=O) groups excluding carboxylic acids is 1. The van der Waals surface area contributed by atoms with Crippen molar-refractivity contribution in [3.05, 3.63) is 57.5 Å². The van der Waals surface area contributed by atoms with E-state index in [0.717, 1.165) is 37.7 Å². The molecule has 2 atom stereocenters. The predicted octanol–water partition coefficient (Wildman–Crippen LogP) is 3.69. The van der Waals surface area contributed by atoms with E-state index in [9.17, 15) is 9.59 Å². The first-order valence-corrected chi connectivity index (χ1v) is 11.1. The molecule has 4 bridgehead atoms. The Morgan fingerprint density at radius 1 is 1.20 bits per heavy atom. The molecule has 158 valence electrons. The number of carbonyl (C=O) groups is 1. The fourth-order valence-corrected chi connectivity index (χ4v) is 6.86. The van der Waals surface area contributed by atoms with E-state index >= 15 is 0 Å². The van der Waals surface area contributed by atoms with Gasteiger partial charge in [-0.1, -0.05) is 41.9 Å². The number of anilines is 1. The van der Waals surface area contributed by atoms with Crippen LogP contribution in [0.4, 0.5) is 5.69 Å². The molecule has 1 aromatic heterocycles. The maximum atomic E-state index is 13.3. The number of hydrogen-bond acceptors (Lipinski definition) is 4. The predicted molar refractivity (Wildman–Crippen MR) is 116 cm³/mol. The summed E-state index contributed by atoms with van der Waals surface area (Å²) >= 11 is 6.52. The van der Waals surface area contributed by atoms with Crippen LogP contribution in [0.3, 0.4) is 0 Å². The van der Waals surface area contributed by atoms with Crippen molar-refractivity contribution in [1.82, 2.24) is 15.1 Å². The fourth-order valence-electron chi connectivity index (χ4n) is 6.67. The Balaban J connectivity index is 1.45. The lowest BCUT2D eigenvalue weighted by Crippen LogP contribution is -2.67. The van der Waals surface area contributed by atoms with Crippen molar-refractivity contribution in [2.75, 3.05) is 5.32 Å². The van der Waals surface area contributed by atoms with Gasteiger partial charge in [-0.15, -0.1) is 0 Å². The molecule has 4 aliphatic carbocycles. The molecule has 0 aliphatic heterocycles. The Morgan fingerprint density at radius 3 is 2.57 bits per heavy atom. The molecule has 6 rings (SSSR count). The van der Waals surface area contributed by atoms with Gasteiger partial charge in [-0.25, -0.2) is 4.68 Å². The van der Waals surface area contributed by atoms with Crippen LogP contribution >= 0.6 is 11.6 Å². The van der Waals surface area contributed by atoms with Gasteiger partial charge in [0.25, 0.3) is 5.56 Å². The van der Waals surface area contributed by atoms with Crippen LogP contribution < -0.4 is 16.2 Å². The summed E-state index contributed by atoms with van der Waals surface area (Å²) in [5.74, 6) is 1.04. The van der Waals surface area contributed by atoms with Gasteiger partial charge in [0.15, 0.2) is 0 Å². The molecule has 1 amide bonds. The lowest BCUT2D eigenvalue weighted by atomic mass is 9.50. The van der Waals surface area contributed by atoms with Gasteiger partial charge in [0.05, 0.1) is 17.4 Å². The molecule has 1 heterocycles. The molecule has 2 N–H and O–H groups in total. The number of rotatable bonds is 5. The minimum atomic E-state index is -0.356. The van der Waals surface area contributed by atoms with Crippen LogP contribution in [-0.4, -0.2) is 21.2 Å². The third-order valence-electron chi connectivity index (χ3n) is 7.17. The van der Waals surface area contributed by atoms with Gasteiger partial charge < -0.3 is 10.6 Å². The lowest BCUT2D eigenvalue weighted by molar-refractivity contribution is -0.128. The van der Waals surface area contributed by atoms with Crippen molar-refractivity contribution in [2.24, 2.45) is 11.8 Å². The Kier molecular flexibility index (Phi) is 4.65. The second kappa shape index (κ2) is 7.12. The summed E-state index contributed by atoms with van der Waals surface area (Å²) in [5.41, 5.74) is 0.854. The van der Waals surface area contributed by atoms with E-state index in [1.165, 1.54) is 6.42 Å². The maximum absolute atomic E-state index is 13.3. The average molecular weight is 427 g/mol. The second-order valence-electron chi connectivity index (χ2n) is 9.58. The summed E-state index contributed by atoms with van der Waals surface area (Å²) in [4.78, 5) is 25.2. The molecule has 0 saturated heterocycles. The molecular weight excluding hydrogens is 400 g/mol. The third-order valence-corrected chi connectivity index (χ3v) is 7.53. The minimum Gasteiger partial charge on any atom is -0.378 e. The van der Waals surface area contributed by atoms with Crippen LogP contribution in [0.25, 0.3) is 0 Å². The Morgan fingerprint density at radius 2 is 1.90 bits per heavy atom. The van der Waals surface area contributed by atoms with Gasteiger partial charge >= 0.3 is 0 Å². The Hall–Kier alpha value is -2.34. The van der Waals surface area contributed by atoms with Crippen LogP contribution in [0.5, 0.6) is 0 Å². The van der Waals surface area contributed by atoms with Crippen molar-refractivity contribution >= 4 is 23.2 Å². The summed E-state index contributed by atoms with van der Waals surface area (Å²) in [6, 6.07) is 9.97. The largest absolute Gasteiger partial charge is 0.378 e. The van der Waals surface area contributed by atoms with Gasteiger partial charge in [-0.2, -0.15) is 5.10 Å². The summed E-state index contributed by atoms with van der Waals surface area (Å²) in [5, 5.41) is 11.3. The first-order valence-electron chi connectivity index (χ1n) is 10.7. The van der Waals surface area contributed by atoms with Crippen molar-refractivity contribution in [1.29, 1.82) is 0 Å². The van der Waals surface area contributed by atoms with Crippen molar-refractivity contribution in [2.45, 2.75) is 63.1 Å². The number of nitrogens with one attached hydrogen (secondary N) is 2. The highest BCUT2D eigenvalue weighted by atomic mass is 35.5. The van der Waals surface area contributed by atoms with Gasteiger partial charge in [0, 0.05) is 19.0 Å². The first-order chi connectivity index (χ1) is 14.4. The van der Waals surface area contributed by atoms with Crippen LogP contribution in [0, 0.1) is 11.8 Å². The zero-order chi connectivity index (χ0) is 20.9. The SMILES string of the molecule is CC(=O)NC12CC3CC(C1)CC(n1ncc(NCc4ccccc4)c(Cl)c1=O)(C3)C2. The molecule has 0 spiro atoms. The van der Waals surface area contributed by atoms with Gasteiger partial charge in [0.2, 0.25) is 5.91 Å². The van der Waals surface area contributed by atoms with Gasteiger partial charge in [0.1, 0.15) is 5.02 Å². The van der Waals surface area contributed by atoms with Crippen molar-refractivity contribution in [3.63, 3.8) is 0 Å². The zero-order valence-electron chi connectivity index (χ0n) is 17.2. The molecule has 2 unspecified atom stereocenters. The molecule has 4 aliphatic rings. The second-order valence-corrected chi connectivity index (χ2v) is 9.95.